The van der Waals surface area contributed by atoms with Crippen LogP contribution in [0.1, 0.15) is 36.8 Å². The zero-order valence-electron chi connectivity index (χ0n) is 12.5. The van der Waals surface area contributed by atoms with Gasteiger partial charge in [-0.25, -0.2) is 0 Å². The largest absolute Gasteiger partial charge is 0.380 e. The third-order valence-electron chi connectivity index (χ3n) is 4.83. The van der Waals surface area contributed by atoms with Crippen molar-refractivity contribution >= 4 is 0 Å². The van der Waals surface area contributed by atoms with Gasteiger partial charge in [-0.1, -0.05) is 30.7 Å². The first kappa shape index (κ1) is 14.1. The summed E-state index contributed by atoms with van der Waals surface area (Å²) in [6, 6.07) is 10.1. The van der Waals surface area contributed by atoms with Crippen LogP contribution in [0.4, 0.5) is 0 Å². The van der Waals surface area contributed by atoms with E-state index in [9.17, 15) is 0 Å². The highest BCUT2D eigenvalue weighted by Gasteiger charge is 2.34. The van der Waals surface area contributed by atoms with Gasteiger partial charge in [0.25, 0.3) is 0 Å². The Morgan fingerprint density at radius 1 is 1.15 bits per heavy atom. The molecule has 2 fully saturated rings. The molecule has 0 spiro atoms. The van der Waals surface area contributed by atoms with Crippen LogP contribution in [-0.2, 0) is 17.9 Å². The second-order valence-corrected chi connectivity index (χ2v) is 6.08. The minimum atomic E-state index is 0.672. The highest BCUT2D eigenvalue weighted by Crippen LogP contribution is 2.27. The van der Waals surface area contributed by atoms with Crippen LogP contribution in [-0.4, -0.2) is 37.2 Å². The van der Waals surface area contributed by atoms with Gasteiger partial charge in [0.2, 0.25) is 0 Å². The number of hydrogen-bond acceptors (Lipinski definition) is 3. The quantitative estimate of drug-likeness (QED) is 0.893. The Morgan fingerprint density at radius 3 is 2.85 bits per heavy atom. The molecule has 3 rings (SSSR count). The molecule has 0 amide bonds. The predicted octanol–water partition coefficient (Wildman–Crippen LogP) is 2.55. The summed E-state index contributed by atoms with van der Waals surface area (Å²) in [6.45, 7) is 4.26. The van der Waals surface area contributed by atoms with Crippen molar-refractivity contribution in [3.05, 3.63) is 35.4 Å². The van der Waals surface area contributed by atoms with Gasteiger partial charge >= 0.3 is 0 Å². The Balaban J connectivity index is 1.59. The van der Waals surface area contributed by atoms with E-state index in [4.69, 9.17) is 4.74 Å². The van der Waals surface area contributed by atoms with Crippen LogP contribution in [0.25, 0.3) is 0 Å². The number of fused-ring (bicyclic) bond motifs is 1. The van der Waals surface area contributed by atoms with Crippen molar-refractivity contribution in [2.24, 2.45) is 0 Å². The lowest BCUT2D eigenvalue weighted by Gasteiger charge is -2.32. The first-order valence-electron chi connectivity index (χ1n) is 7.91. The number of rotatable bonds is 5. The van der Waals surface area contributed by atoms with Crippen LogP contribution in [0.5, 0.6) is 0 Å². The molecular weight excluding hydrogens is 248 g/mol. The Hall–Kier alpha value is -0.900. The molecule has 0 radical (unpaired) electrons. The number of nitrogens with zero attached hydrogens (tertiary/aromatic N) is 1. The molecule has 2 aliphatic rings. The van der Waals surface area contributed by atoms with Gasteiger partial charge in [0.1, 0.15) is 0 Å². The molecule has 2 atom stereocenters. The molecule has 110 valence electrons. The Labute approximate surface area is 122 Å². The maximum Gasteiger partial charge on any atom is 0.0716 e. The molecule has 1 N–H and O–H groups in total. The lowest BCUT2D eigenvalue weighted by Crippen LogP contribution is -2.44. The summed E-state index contributed by atoms with van der Waals surface area (Å²) in [7, 11) is 1.76. The van der Waals surface area contributed by atoms with Crippen LogP contribution in [0, 0.1) is 0 Å². The van der Waals surface area contributed by atoms with E-state index in [0.29, 0.717) is 12.6 Å². The summed E-state index contributed by atoms with van der Waals surface area (Å²) in [5.41, 5.74) is 2.68. The van der Waals surface area contributed by atoms with Crippen LogP contribution in [0.15, 0.2) is 24.3 Å². The maximum atomic E-state index is 5.29. The molecule has 1 aromatic carbocycles. The number of ether oxygens (including phenoxy) is 1. The second kappa shape index (κ2) is 6.70. The lowest BCUT2D eigenvalue weighted by atomic mass is 9.98. The van der Waals surface area contributed by atoms with Gasteiger partial charge in [0.15, 0.2) is 0 Å². The van der Waals surface area contributed by atoms with Crippen molar-refractivity contribution in [1.29, 1.82) is 0 Å². The molecule has 0 bridgehead atoms. The molecule has 0 aliphatic carbocycles. The Morgan fingerprint density at radius 2 is 2.00 bits per heavy atom. The summed E-state index contributed by atoms with van der Waals surface area (Å²) in [6.07, 6.45) is 5.47. The fourth-order valence-corrected chi connectivity index (χ4v) is 3.75. The Kier molecular flexibility index (Phi) is 4.71. The van der Waals surface area contributed by atoms with Gasteiger partial charge in [-0.3, -0.25) is 4.90 Å². The first-order valence-corrected chi connectivity index (χ1v) is 7.91. The molecule has 0 aromatic heterocycles. The number of benzene rings is 1. The summed E-state index contributed by atoms with van der Waals surface area (Å²) in [4.78, 5) is 2.68. The zero-order chi connectivity index (χ0) is 13.8. The highest BCUT2D eigenvalue weighted by molar-refractivity contribution is 5.26. The third kappa shape index (κ3) is 3.05. The van der Waals surface area contributed by atoms with E-state index in [1.807, 2.05) is 0 Å². The highest BCUT2D eigenvalue weighted by atomic mass is 16.5. The number of piperidine rings is 1. The molecule has 1 aromatic rings. The van der Waals surface area contributed by atoms with Crippen molar-refractivity contribution in [3.8, 4) is 0 Å². The molecule has 2 unspecified atom stereocenters. The summed E-state index contributed by atoms with van der Waals surface area (Å²) < 4.78 is 5.29. The van der Waals surface area contributed by atoms with Gasteiger partial charge in [0, 0.05) is 32.3 Å². The van der Waals surface area contributed by atoms with Crippen molar-refractivity contribution in [2.75, 3.05) is 20.2 Å². The molecule has 2 heterocycles. The monoisotopic (exact) mass is 274 g/mol. The van der Waals surface area contributed by atoms with Gasteiger partial charge in [-0.05, 0) is 36.9 Å². The van der Waals surface area contributed by atoms with Crippen LogP contribution < -0.4 is 5.32 Å². The summed E-state index contributed by atoms with van der Waals surface area (Å²) in [5.74, 6) is 0. The van der Waals surface area contributed by atoms with Crippen LogP contribution in [0.2, 0.25) is 0 Å². The molecule has 20 heavy (non-hydrogen) atoms. The van der Waals surface area contributed by atoms with E-state index in [2.05, 4.69) is 34.5 Å². The molecule has 0 saturated carbocycles. The van der Waals surface area contributed by atoms with Crippen molar-refractivity contribution in [1.82, 2.24) is 10.2 Å². The zero-order valence-corrected chi connectivity index (χ0v) is 12.5. The van der Waals surface area contributed by atoms with E-state index in [0.717, 1.165) is 12.6 Å². The normalized spacial score (nSPS) is 26.6. The van der Waals surface area contributed by atoms with Crippen LogP contribution >= 0.6 is 0 Å². The molecular formula is C17H26N2O. The van der Waals surface area contributed by atoms with Crippen LogP contribution in [0.3, 0.4) is 0 Å². The average Bonchev–Trinajstić information content (AvgIpc) is 2.90. The second-order valence-electron chi connectivity index (χ2n) is 6.08. The van der Waals surface area contributed by atoms with E-state index < -0.39 is 0 Å². The first-order chi connectivity index (χ1) is 9.88. The van der Waals surface area contributed by atoms with E-state index >= 15 is 0 Å². The minimum Gasteiger partial charge on any atom is -0.380 e. The van der Waals surface area contributed by atoms with Gasteiger partial charge < -0.3 is 10.1 Å². The molecule has 3 heteroatoms. The molecule has 2 aliphatic heterocycles. The predicted molar refractivity (Wildman–Crippen MR) is 81.6 cm³/mol. The molecule has 2 saturated heterocycles. The SMILES string of the molecule is COCc1ccccc1CNC1CCN2CCCCC12. The van der Waals surface area contributed by atoms with E-state index in [1.165, 1.54) is 49.9 Å². The minimum absolute atomic E-state index is 0.672. The third-order valence-corrected chi connectivity index (χ3v) is 4.83. The topological polar surface area (TPSA) is 24.5 Å². The van der Waals surface area contributed by atoms with E-state index in [1.54, 1.807) is 7.11 Å². The maximum absolute atomic E-state index is 5.29. The van der Waals surface area contributed by atoms with Gasteiger partial charge in [0.05, 0.1) is 6.61 Å². The number of methoxy groups -OCH3 is 1. The van der Waals surface area contributed by atoms with Gasteiger partial charge in [-0.2, -0.15) is 0 Å². The average molecular weight is 274 g/mol. The summed E-state index contributed by atoms with van der Waals surface area (Å²) >= 11 is 0. The smallest absolute Gasteiger partial charge is 0.0716 e. The number of hydrogen-bond donors (Lipinski definition) is 1. The fraction of sp³-hybridized carbons (Fsp3) is 0.647. The summed E-state index contributed by atoms with van der Waals surface area (Å²) in [5, 5.41) is 3.80. The fourth-order valence-electron chi connectivity index (χ4n) is 3.75. The molecule has 3 nitrogen and oxygen atoms in total. The Bertz CT molecular complexity index is 435. The van der Waals surface area contributed by atoms with Crippen molar-refractivity contribution in [3.63, 3.8) is 0 Å². The standard InChI is InChI=1S/C17H26N2O/c1-20-13-15-7-3-2-6-14(15)12-18-16-9-11-19-10-5-4-8-17(16)19/h2-3,6-7,16-18H,4-5,8-13H2,1H3. The van der Waals surface area contributed by atoms with E-state index in [-0.39, 0.29) is 0 Å². The van der Waals surface area contributed by atoms with Crippen molar-refractivity contribution in [2.45, 2.75) is 50.9 Å². The van der Waals surface area contributed by atoms with Crippen molar-refractivity contribution < 1.29 is 4.74 Å². The van der Waals surface area contributed by atoms with Gasteiger partial charge in [-0.15, -0.1) is 0 Å². The lowest BCUT2D eigenvalue weighted by molar-refractivity contribution is 0.178. The number of nitrogens with one attached hydrogen (secondary N) is 1.